The zero-order valence-corrected chi connectivity index (χ0v) is 8.13. The van der Waals surface area contributed by atoms with Crippen molar-refractivity contribution in [2.75, 3.05) is 5.73 Å². The van der Waals surface area contributed by atoms with Gasteiger partial charge in [0.15, 0.2) is 0 Å². The van der Waals surface area contributed by atoms with Gasteiger partial charge in [-0.3, -0.25) is 4.79 Å². The zero-order chi connectivity index (χ0) is 10.7. The van der Waals surface area contributed by atoms with Crippen LogP contribution < -0.4 is 11.3 Å². The Morgan fingerprint density at radius 1 is 1.20 bits per heavy atom. The molecule has 0 amide bonds. The van der Waals surface area contributed by atoms with Crippen LogP contribution in [0.4, 0.5) is 5.95 Å². The van der Waals surface area contributed by atoms with Crippen molar-refractivity contribution >= 4 is 5.95 Å². The van der Waals surface area contributed by atoms with E-state index in [4.69, 9.17) is 5.73 Å². The number of rotatable bonds is 2. The molecule has 4 heteroatoms. The predicted molar refractivity (Wildman–Crippen MR) is 58.5 cm³/mol. The van der Waals surface area contributed by atoms with E-state index < -0.39 is 0 Å². The Morgan fingerprint density at radius 2 is 1.93 bits per heavy atom. The lowest BCUT2D eigenvalue weighted by atomic mass is 10.2. The molecule has 0 aliphatic heterocycles. The van der Waals surface area contributed by atoms with E-state index in [2.05, 4.69) is 4.98 Å². The molecular formula is C11H11N3O. The molecule has 0 aliphatic rings. The van der Waals surface area contributed by atoms with Crippen molar-refractivity contribution in [1.82, 2.24) is 9.55 Å². The van der Waals surface area contributed by atoms with Gasteiger partial charge in [0.05, 0.1) is 6.54 Å². The highest BCUT2D eigenvalue weighted by Crippen LogP contribution is 2.03. The van der Waals surface area contributed by atoms with E-state index in [0.717, 1.165) is 5.56 Å². The fraction of sp³-hybridized carbons (Fsp3) is 0.0909. The SMILES string of the molecule is Nc1nc(=O)ccn1Cc1ccccc1. The number of hydrogen-bond acceptors (Lipinski definition) is 3. The molecule has 0 saturated carbocycles. The van der Waals surface area contributed by atoms with E-state index in [0.29, 0.717) is 6.54 Å². The fourth-order valence-corrected chi connectivity index (χ4v) is 1.36. The number of hydrogen-bond donors (Lipinski definition) is 1. The number of nitrogens with zero attached hydrogens (tertiary/aromatic N) is 2. The van der Waals surface area contributed by atoms with Crippen LogP contribution in [0, 0.1) is 0 Å². The first-order valence-corrected chi connectivity index (χ1v) is 4.62. The molecule has 1 aromatic carbocycles. The maximum Gasteiger partial charge on any atom is 0.274 e. The van der Waals surface area contributed by atoms with Gasteiger partial charge in [-0.1, -0.05) is 30.3 Å². The van der Waals surface area contributed by atoms with Gasteiger partial charge < -0.3 is 10.3 Å². The van der Waals surface area contributed by atoms with Crippen LogP contribution in [0.25, 0.3) is 0 Å². The Balaban J connectivity index is 2.29. The second kappa shape index (κ2) is 3.96. The normalized spacial score (nSPS) is 10.1. The van der Waals surface area contributed by atoms with Crippen LogP contribution in [0.2, 0.25) is 0 Å². The van der Waals surface area contributed by atoms with Crippen LogP contribution in [-0.4, -0.2) is 9.55 Å². The maximum atomic E-state index is 10.9. The molecule has 0 atom stereocenters. The summed E-state index contributed by atoms with van der Waals surface area (Å²) in [6.07, 6.45) is 1.65. The minimum Gasteiger partial charge on any atom is -0.369 e. The van der Waals surface area contributed by atoms with Crippen LogP contribution in [0.15, 0.2) is 47.4 Å². The Kier molecular flexibility index (Phi) is 2.49. The van der Waals surface area contributed by atoms with E-state index in [-0.39, 0.29) is 11.5 Å². The lowest BCUT2D eigenvalue weighted by Gasteiger charge is -2.07. The Hall–Kier alpha value is -2.10. The standard InChI is InChI=1S/C11H11N3O/c12-11-13-10(15)6-7-14(11)8-9-4-2-1-3-5-9/h1-7H,8H2,(H2,12,13,15). The molecule has 1 aromatic heterocycles. The van der Waals surface area contributed by atoms with Crippen LogP contribution in [0.3, 0.4) is 0 Å². The van der Waals surface area contributed by atoms with E-state index in [1.165, 1.54) is 6.07 Å². The van der Waals surface area contributed by atoms with Gasteiger partial charge in [-0.25, -0.2) is 0 Å². The van der Waals surface area contributed by atoms with E-state index >= 15 is 0 Å². The van der Waals surface area contributed by atoms with E-state index in [1.807, 2.05) is 30.3 Å². The van der Waals surface area contributed by atoms with Gasteiger partial charge in [0.25, 0.3) is 5.56 Å². The van der Waals surface area contributed by atoms with E-state index in [9.17, 15) is 4.79 Å². The van der Waals surface area contributed by atoms with Crippen LogP contribution in [0.5, 0.6) is 0 Å². The molecule has 0 aliphatic carbocycles. The minimum atomic E-state index is -0.309. The molecule has 2 N–H and O–H groups in total. The molecule has 0 radical (unpaired) electrons. The number of benzene rings is 1. The second-order valence-electron chi connectivity index (χ2n) is 3.24. The van der Waals surface area contributed by atoms with Gasteiger partial charge in [-0.15, -0.1) is 0 Å². The van der Waals surface area contributed by atoms with Crippen molar-refractivity contribution in [3.05, 3.63) is 58.5 Å². The highest BCUT2D eigenvalue weighted by molar-refractivity contribution is 5.21. The van der Waals surface area contributed by atoms with Gasteiger partial charge in [0.2, 0.25) is 5.95 Å². The minimum absolute atomic E-state index is 0.242. The Morgan fingerprint density at radius 3 is 2.60 bits per heavy atom. The zero-order valence-electron chi connectivity index (χ0n) is 8.13. The van der Waals surface area contributed by atoms with Gasteiger partial charge in [-0.05, 0) is 5.56 Å². The summed E-state index contributed by atoms with van der Waals surface area (Å²) in [5.41, 5.74) is 6.43. The second-order valence-corrected chi connectivity index (χ2v) is 3.24. The topological polar surface area (TPSA) is 60.9 Å². The summed E-state index contributed by atoms with van der Waals surface area (Å²) in [5, 5.41) is 0. The number of nitrogens with two attached hydrogens (primary N) is 1. The van der Waals surface area contributed by atoms with Crippen molar-refractivity contribution in [3.8, 4) is 0 Å². The monoisotopic (exact) mass is 201 g/mol. The maximum absolute atomic E-state index is 10.9. The summed E-state index contributed by atoms with van der Waals surface area (Å²) < 4.78 is 1.73. The highest BCUT2D eigenvalue weighted by atomic mass is 16.1. The van der Waals surface area contributed by atoms with Gasteiger partial charge >= 0.3 is 0 Å². The fourth-order valence-electron chi connectivity index (χ4n) is 1.36. The highest BCUT2D eigenvalue weighted by Gasteiger charge is 1.98. The van der Waals surface area contributed by atoms with Gasteiger partial charge in [0, 0.05) is 12.3 Å². The number of anilines is 1. The quantitative estimate of drug-likeness (QED) is 0.784. The summed E-state index contributed by atoms with van der Waals surface area (Å²) in [6.45, 7) is 0.625. The van der Waals surface area contributed by atoms with Crippen LogP contribution in [-0.2, 0) is 6.54 Å². The average Bonchev–Trinajstić information content (AvgIpc) is 2.24. The molecule has 1 heterocycles. The third-order valence-corrected chi connectivity index (χ3v) is 2.11. The van der Waals surface area contributed by atoms with Crippen molar-refractivity contribution in [2.24, 2.45) is 0 Å². The average molecular weight is 201 g/mol. The first-order chi connectivity index (χ1) is 7.25. The van der Waals surface area contributed by atoms with Crippen molar-refractivity contribution in [2.45, 2.75) is 6.54 Å². The van der Waals surface area contributed by atoms with Crippen LogP contribution in [0.1, 0.15) is 5.56 Å². The molecule has 0 spiro atoms. The number of nitrogen functional groups attached to an aromatic ring is 1. The molecule has 4 nitrogen and oxygen atoms in total. The number of aromatic nitrogens is 2. The van der Waals surface area contributed by atoms with Gasteiger partial charge in [-0.2, -0.15) is 4.98 Å². The predicted octanol–water partition coefficient (Wildman–Crippen LogP) is 0.874. The molecule has 76 valence electrons. The van der Waals surface area contributed by atoms with Crippen molar-refractivity contribution in [3.63, 3.8) is 0 Å². The summed E-state index contributed by atoms with van der Waals surface area (Å²) in [4.78, 5) is 14.5. The molecule has 2 rings (SSSR count). The lowest BCUT2D eigenvalue weighted by Crippen LogP contribution is -2.15. The largest absolute Gasteiger partial charge is 0.369 e. The summed E-state index contributed by atoms with van der Waals surface area (Å²) in [7, 11) is 0. The summed E-state index contributed by atoms with van der Waals surface area (Å²) in [6, 6.07) is 11.3. The van der Waals surface area contributed by atoms with Gasteiger partial charge in [0.1, 0.15) is 0 Å². The molecule has 0 fully saturated rings. The molecule has 15 heavy (non-hydrogen) atoms. The van der Waals surface area contributed by atoms with E-state index in [1.54, 1.807) is 10.8 Å². The summed E-state index contributed by atoms with van der Waals surface area (Å²) >= 11 is 0. The molecular weight excluding hydrogens is 190 g/mol. The third-order valence-electron chi connectivity index (χ3n) is 2.11. The first kappa shape index (κ1) is 9.45. The smallest absolute Gasteiger partial charge is 0.274 e. The molecule has 2 aromatic rings. The first-order valence-electron chi connectivity index (χ1n) is 4.62. The van der Waals surface area contributed by atoms with Crippen molar-refractivity contribution in [1.29, 1.82) is 0 Å². The van der Waals surface area contributed by atoms with Crippen LogP contribution >= 0.6 is 0 Å². The Bertz CT molecular complexity index is 505. The summed E-state index contributed by atoms with van der Waals surface area (Å²) in [5.74, 6) is 0.242. The lowest BCUT2D eigenvalue weighted by molar-refractivity contribution is 0.777. The molecule has 0 unspecified atom stereocenters. The molecule has 0 saturated heterocycles. The third kappa shape index (κ3) is 2.22. The van der Waals surface area contributed by atoms with Crippen molar-refractivity contribution < 1.29 is 0 Å². The molecule has 0 bridgehead atoms. The Labute approximate surface area is 87.0 Å².